The lowest BCUT2D eigenvalue weighted by Crippen LogP contribution is -2.58. The van der Waals surface area contributed by atoms with Crippen molar-refractivity contribution in [3.63, 3.8) is 0 Å². The zero-order valence-electron chi connectivity index (χ0n) is 11.9. The van der Waals surface area contributed by atoms with Crippen LogP contribution >= 0.6 is 0 Å². The van der Waals surface area contributed by atoms with Crippen molar-refractivity contribution in [1.29, 1.82) is 0 Å². The van der Waals surface area contributed by atoms with Crippen molar-refractivity contribution in [2.45, 2.75) is 50.5 Å². The molecule has 1 heterocycles. The first-order valence-corrected chi connectivity index (χ1v) is 7.94. The molecule has 1 N–H and O–H groups in total. The minimum Gasteiger partial charge on any atom is -0.311 e. The minimum atomic E-state index is 0.507. The molecule has 0 radical (unpaired) electrons. The third-order valence-corrected chi connectivity index (χ3v) is 5.84. The number of aromatic nitrogens is 2. The molecule has 4 fully saturated rings. The molecule has 4 aliphatic carbocycles. The van der Waals surface area contributed by atoms with Gasteiger partial charge < -0.3 is 5.32 Å². The molecule has 4 aliphatic rings. The van der Waals surface area contributed by atoms with E-state index in [1.807, 2.05) is 17.9 Å². The average molecular weight is 259 g/mol. The largest absolute Gasteiger partial charge is 0.311 e. The number of aryl methyl sites for hydroxylation is 1. The molecular formula is C16H25N3. The van der Waals surface area contributed by atoms with Crippen LogP contribution in [0.4, 0.5) is 0 Å². The number of hydrogen-bond donors (Lipinski definition) is 1. The van der Waals surface area contributed by atoms with Gasteiger partial charge in [-0.05, 0) is 62.3 Å². The molecule has 4 bridgehead atoms. The van der Waals surface area contributed by atoms with E-state index in [-0.39, 0.29) is 0 Å². The topological polar surface area (TPSA) is 29.9 Å². The molecular weight excluding hydrogens is 234 g/mol. The van der Waals surface area contributed by atoms with Crippen LogP contribution in [-0.4, -0.2) is 21.9 Å². The number of nitrogens with one attached hydrogen (secondary N) is 1. The highest BCUT2D eigenvalue weighted by Crippen LogP contribution is 2.55. The Morgan fingerprint density at radius 2 is 1.84 bits per heavy atom. The van der Waals surface area contributed by atoms with E-state index >= 15 is 0 Å². The fourth-order valence-corrected chi connectivity index (χ4v) is 5.43. The third-order valence-electron chi connectivity index (χ3n) is 5.84. The van der Waals surface area contributed by atoms with Crippen LogP contribution in [-0.2, 0) is 13.5 Å². The molecule has 4 saturated carbocycles. The molecule has 104 valence electrons. The van der Waals surface area contributed by atoms with E-state index in [4.69, 9.17) is 0 Å². The first-order chi connectivity index (χ1) is 9.22. The van der Waals surface area contributed by atoms with Crippen LogP contribution in [0.25, 0.3) is 0 Å². The van der Waals surface area contributed by atoms with E-state index in [9.17, 15) is 0 Å². The van der Waals surface area contributed by atoms with Gasteiger partial charge in [-0.3, -0.25) is 4.68 Å². The second kappa shape index (κ2) is 4.34. The van der Waals surface area contributed by atoms with Crippen molar-refractivity contribution in [3.05, 3.63) is 18.0 Å². The van der Waals surface area contributed by atoms with Gasteiger partial charge in [0.1, 0.15) is 0 Å². The molecule has 5 rings (SSSR count). The van der Waals surface area contributed by atoms with Crippen LogP contribution in [0.2, 0.25) is 0 Å². The van der Waals surface area contributed by atoms with E-state index < -0.39 is 0 Å². The van der Waals surface area contributed by atoms with E-state index in [0.29, 0.717) is 5.54 Å². The Hall–Kier alpha value is -0.830. The fraction of sp³-hybridized carbons (Fsp3) is 0.812. The lowest BCUT2D eigenvalue weighted by atomic mass is 9.53. The van der Waals surface area contributed by atoms with Gasteiger partial charge in [0, 0.05) is 37.4 Å². The molecule has 19 heavy (non-hydrogen) atoms. The quantitative estimate of drug-likeness (QED) is 0.900. The van der Waals surface area contributed by atoms with Crippen LogP contribution in [0, 0.1) is 17.8 Å². The third kappa shape index (κ3) is 2.12. The summed E-state index contributed by atoms with van der Waals surface area (Å²) in [4.78, 5) is 0. The fourth-order valence-electron chi connectivity index (χ4n) is 5.43. The molecule has 0 unspecified atom stereocenters. The summed E-state index contributed by atoms with van der Waals surface area (Å²) in [5.41, 5.74) is 1.85. The lowest BCUT2D eigenvalue weighted by molar-refractivity contribution is -0.0193. The standard InChI is InChI=1S/C16H25N3/c1-19-15(3-5-18-19)2-4-17-16-9-12-6-13(10-16)8-14(7-12)11-16/h3,5,12-14,17H,2,4,6-11H2,1H3. The highest BCUT2D eigenvalue weighted by molar-refractivity contribution is 5.07. The van der Waals surface area contributed by atoms with Crippen LogP contribution in [0.3, 0.4) is 0 Å². The zero-order chi connectivity index (χ0) is 12.9. The smallest absolute Gasteiger partial charge is 0.0492 e. The molecule has 0 aliphatic heterocycles. The Morgan fingerprint density at radius 3 is 2.37 bits per heavy atom. The summed E-state index contributed by atoms with van der Waals surface area (Å²) in [6, 6.07) is 2.14. The molecule has 0 saturated heterocycles. The SMILES string of the molecule is Cn1nccc1CCNC12CC3CC(CC(C3)C1)C2. The van der Waals surface area contributed by atoms with E-state index in [0.717, 1.165) is 30.7 Å². The van der Waals surface area contributed by atoms with Gasteiger partial charge in [0.15, 0.2) is 0 Å². The van der Waals surface area contributed by atoms with Crippen molar-refractivity contribution >= 4 is 0 Å². The number of hydrogen-bond acceptors (Lipinski definition) is 2. The number of nitrogens with zero attached hydrogens (tertiary/aromatic N) is 2. The molecule has 0 atom stereocenters. The van der Waals surface area contributed by atoms with Crippen LogP contribution in [0.15, 0.2) is 12.3 Å². The summed E-state index contributed by atoms with van der Waals surface area (Å²) in [5.74, 6) is 3.11. The monoisotopic (exact) mass is 259 g/mol. The van der Waals surface area contributed by atoms with Crippen LogP contribution in [0.5, 0.6) is 0 Å². The van der Waals surface area contributed by atoms with Crippen LogP contribution < -0.4 is 5.32 Å². The first kappa shape index (κ1) is 12.0. The normalized spacial score (nSPS) is 39.9. The molecule has 3 heteroatoms. The van der Waals surface area contributed by atoms with Gasteiger partial charge >= 0.3 is 0 Å². The van der Waals surface area contributed by atoms with Gasteiger partial charge in [-0.25, -0.2) is 0 Å². The van der Waals surface area contributed by atoms with Gasteiger partial charge in [0.25, 0.3) is 0 Å². The summed E-state index contributed by atoms with van der Waals surface area (Å²) >= 11 is 0. The maximum absolute atomic E-state index is 4.25. The lowest BCUT2D eigenvalue weighted by Gasteiger charge is -2.57. The van der Waals surface area contributed by atoms with Crippen LogP contribution in [0.1, 0.15) is 44.2 Å². The summed E-state index contributed by atoms with van der Waals surface area (Å²) in [6.45, 7) is 1.12. The van der Waals surface area contributed by atoms with E-state index in [1.54, 1.807) is 0 Å². The maximum Gasteiger partial charge on any atom is 0.0492 e. The Balaban J connectivity index is 1.39. The Bertz CT molecular complexity index is 427. The van der Waals surface area contributed by atoms with E-state index in [2.05, 4.69) is 16.5 Å². The second-order valence-electron chi connectivity index (χ2n) is 7.32. The van der Waals surface area contributed by atoms with Crippen molar-refractivity contribution in [2.24, 2.45) is 24.8 Å². The van der Waals surface area contributed by atoms with E-state index in [1.165, 1.54) is 44.2 Å². The van der Waals surface area contributed by atoms with Gasteiger partial charge in [-0.2, -0.15) is 5.10 Å². The highest BCUT2D eigenvalue weighted by atomic mass is 15.3. The second-order valence-corrected chi connectivity index (χ2v) is 7.32. The van der Waals surface area contributed by atoms with Crippen molar-refractivity contribution in [2.75, 3.05) is 6.54 Å². The Morgan fingerprint density at radius 1 is 1.21 bits per heavy atom. The first-order valence-electron chi connectivity index (χ1n) is 7.94. The molecule has 0 amide bonds. The molecule has 1 aromatic heterocycles. The maximum atomic E-state index is 4.25. The minimum absolute atomic E-state index is 0.507. The summed E-state index contributed by atoms with van der Waals surface area (Å²) in [6.07, 6.45) is 11.9. The molecule has 1 aromatic rings. The zero-order valence-corrected chi connectivity index (χ0v) is 11.9. The number of rotatable bonds is 4. The Kier molecular flexibility index (Phi) is 2.73. The van der Waals surface area contributed by atoms with Gasteiger partial charge in [0.2, 0.25) is 0 Å². The molecule has 0 aromatic carbocycles. The van der Waals surface area contributed by atoms with Gasteiger partial charge in [-0.15, -0.1) is 0 Å². The van der Waals surface area contributed by atoms with Crippen molar-refractivity contribution < 1.29 is 0 Å². The predicted octanol–water partition coefficient (Wildman–Crippen LogP) is 2.52. The predicted molar refractivity (Wildman–Crippen MR) is 75.8 cm³/mol. The Labute approximate surface area is 115 Å². The van der Waals surface area contributed by atoms with Crippen molar-refractivity contribution in [1.82, 2.24) is 15.1 Å². The highest BCUT2D eigenvalue weighted by Gasteiger charge is 2.50. The molecule has 3 nitrogen and oxygen atoms in total. The summed E-state index contributed by atoms with van der Waals surface area (Å²) in [7, 11) is 2.04. The average Bonchev–Trinajstić information content (AvgIpc) is 2.73. The summed E-state index contributed by atoms with van der Waals surface area (Å²) in [5, 5.41) is 8.20. The molecule has 0 spiro atoms. The summed E-state index contributed by atoms with van der Waals surface area (Å²) < 4.78 is 2.00. The van der Waals surface area contributed by atoms with Gasteiger partial charge in [-0.1, -0.05) is 0 Å². The van der Waals surface area contributed by atoms with Crippen molar-refractivity contribution in [3.8, 4) is 0 Å². The van der Waals surface area contributed by atoms with Gasteiger partial charge in [0.05, 0.1) is 0 Å².